The van der Waals surface area contributed by atoms with Crippen molar-refractivity contribution in [1.29, 1.82) is 0 Å². The van der Waals surface area contributed by atoms with Crippen LogP contribution in [0, 0.1) is 5.92 Å². The standard InChI is InChI=1S/C19H40N4O2/c1-6-20-19(22-10-13-24-12-8-16(2)3)21-9-7-11-23-14-17(4)25-18(5)15-23/h16-18H,6-15H2,1-5H3,(H2,20,21,22). The normalized spacial score (nSPS) is 22.4. The topological polar surface area (TPSA) is 58.1 Å². The van der Waals surface area contributed by atoms with Gasteiger partial charge in [-0.3, -0.25) is 9.89 Å². The molecule has 1 fully saturated rings. The number of aliphatic imine (C=N–C) groups is 1. The van der Waals surface area contributed by atoms with Gasteiger partial charge in [0.2, 0.25) is 0 Å². The van der Waals surface area contributed by atoms with E-state index < -0.39 is 0 Å². The Hall–Kier alpha value is -0.850. The van der Waals surface area contributed by atoms with Crippen LogP contribution in [0.15, 0.2) is 4.99 Å². The molecule has 6 heteroatoms. The van der Waals surface area contributed by atoms with Crippen LogP contribution in [0.25, 0.3) is 0 Å². The number of nitrogens with one attached hydrogen (secondary N) is 2. The lowest BCUT2D eigenvalue weighted by Gasteiger charge is -2.35. The minimum absolute atomic E-state index is 0.335. The Kier molecular flexibility index (Phi) is 11.9. The zero-order valence-electron chi connectivity index (χ0n) is 17.0. The van der Waals surface area contributed by atoms with Gasteiger partial charge >= 0.3 is 0 Å². The van der Waals surface area contributed by atoms with Crippen LogP contribution in [-0.2, 0) is 9.47 Å². The molecule has 1 aliphatic heterocycles. The molecule has 6 nitrogen and oxygen atoms in total. The molecule has 1 heterocycles. The maximum atomic E-state index is 5.78. The Balaban J connectivity index is 2.17. The van der Waals surface area contributed by atoms with Crippen molar-refractivity contribution < 1.29 is 9.47 Å². The number of hydrogen-bond donors (Lipinski definition) is 2. The molecule has 2 atom stereocenters. The third-order valence-electron chi connectivity index (χ3n) is 4.12. The molecule has 0 aromatic carbocycles. The maximum absolute atomic E-state index is 5.78. The molecular weight excluding hydrogens is 316 g/mol. The average Bonchev–Trinajstić information content (AvgIpc) is 2.53. The first kappa shape index (κ1) is 22.2. The highest BCUT2D eigenvalue weighted by atomic mass is 16.5. The summed E-state index contributed by atoms with van der Waals surface area (Å²) in [7, 11) is 0. The van der Waals surface area contributed by atoms with Gasteiger partial charge in [0.05, 0.1) is 18.8 Å². The van der Waals surface area contributed by atoms with Crippen molar-refractivity contribution in [1.82, 2.24) is 15.5 Å². The molecule has 2 N–H and O–H groups in total. The van der Waals surface area contributed by atoms with Crippen molar-refractivity contribution in [3.8, 4) is 0 Å². The van der Waals surface area contributed by atoms with E-state index >= 15 is 0 Å². The lowest BCUT2D eigenvalue weighted by Crippen LogP contribution is -2.45. The van der Waals surface area contributed by atoms with Gasteiger partial charge in [-0.2, -0.15) is 0 Å². The summed E-state index contributed by atoms with van der Waals surface area (Å²) in [5, 5.41) is 6.64. The second-order valence-corrected chi connectivity index (χ2v) is 7.35. The number of rotatable bonds is 11. The van der Waals surface area contributed by atoms with E-state index in [1.807, 2.05) is 0 Å². The number of nitrogens with zero attached hydrogens (tertiary/aromatic N) is 2. The molecule has 148 valence electrons. The van der Waals surface area contributed by atoms with Gasteiger partial charge in [-0.1, -0.05) is 13.8 Å². The first-order valence-electron chi connectivity index (χ1n) is 9.99. The molecule has 0 aromatic heterocycles. The van der Waals surface area contributed by atoms with Gasteiger partial charge in [-0.05, 0) is 39.5 Å². The molecule has 1 aliphatic rings. The molecule has 2 unspecified atom stereocenters. The molecule has 0 aromatic rings. The van der Waals surface area contributed by atoms with Crippen molar-refractivity contribution in [3.05, 3.63) is 0 Å². The fourth-order valence-electron chi connectivity index (χ4n) is 2.96. The van der Waals surface area contributed by atoms with E-state index in [-0.39, 0.29) is 0 Å². The Morgan fingerprint density at radius 1 is 1.20 bits per heavy atom. The number of hydrogen-bond acceptors (Lipinski definition) is 4. The number of guanidine groups is 1. The molecule has 0 bridgehead atoms. The van der Waals surface area contributed by atoms with Crippen LogP contribution in [0.1, 0.15) is 47.5 Å². The summed E-state index contributed by atoms with van der Waals surface area (Å²) in [4.78, 5) is 7.15. The Morgan fingerprint density at radius 2 is 1.92 bits per heavy atom. The number of ether oxygens (including phenoxy) is 2. The molecule has 1 saturated heterocycles. The molecule has 0 amide bonds. The third kappa shape index (κ3) is 11.4. The molecule has 1 rings (SSSR count). The van der Waals surface area contributed by atoms with Crippen LogP contribution in [0.4, 0.5) is 0 Å². The zero-order chi connectivity index (χ0) is 18.5. The fraction of sp³-hybridized carbons (Fsp3) is 0.947. The highest BCUT2D eigenvalue weighted by Gasteiger charge is 2.21. The van der Waals surface area contributed by atoms with Gasteiger partial charge in [0.25, 0.3) is 0 Å². The lowest BCUT2D eigenvalue weighted by molar-refractivity contribution is -0.0679. The first-order chi connectivity index (χ1) is 12.0. The van der Waals surface area contributed by atoms with Crippen LogP contribution >= 0.6 is 0 Å². The highest BCUT2D eigenvalue weighted by molar-refractivity contribution is 5.79. The molecule has 0 saturated carbocycles. The lowest BCUT2D eigenvalue weighted by atomic mass is 10.1. The summed E-state index contributed by atoms with van der Waals surface area (Å²) < 4.78 is 11.4. The molecule has 25 heavy (non-hydrogen) atoms. The third-order valence-corrected chi connectivity index (χ3v) is 4.12. The fourth-order valence-corrected chi connectivity index (χ4v) is 2.96. The minimum atomic E-state index is 0.335. The molecule has 0 spiro atoms. The van der Waals surface area contributed by atoms with Crippen molar-refractivity contribution in [3.63, 3.8) is 0 Å². The Bertz CT molecular complexity index is 353. The predicted octanol–water partition coefficient (Wildman–Crippen LogP) is 2.10. The minimum Gasteiger partial charge on any atom is -0.380 e. The monoisotopic (exact) mass is 356 g/mol. The smallest absolute Gasteiger partial charge is 0.191 e. The van der Waals surface area contributed by atoms with Gasteiger partial charge in [0, 0.05) is 45.9 Å². The van der Waals surface area contributed by atoms with E-state index in [1.54, 1.807) is 0 Å². The molecule has 0 radical (unpaired) electrons. The van der Waals surface area contributed by atoms with Crippen molar-refractivity contribution in [2.45, 2.75) is 59.7 Å². The SMILES string of the molecule is CCNC(=NCCCN1CC(C)OC(C)C1)NCCOCCC(C)C. The Labute approximate surface area is 154 Å². The van der Waals surface area contributed by atoms with Gasteiger partial charge in [-0.25, -0.2) is 0 Å². The summed E-state index contributed by atoms with van der Waals surface area (Å²) in [5.74, 6) is 1.59. The summed E-state index contributed by atoms with van der Waals surface area (Å²) in [5.41, 5.74) is 0. The van der Waals surface area contributed by atoms with Gasteiger partial charge in [0.15, 0.2) is 5.96 Å². The van der Waals surface area contributed by atoms with Crippen LogP contribution in [0.3, 0.4) is 0 Å². The van der Waals surface area contributed by atoms with E-state index in [1.165, 1.54) is 0 Å². The van der Waals surface area contributed by atoms with Gasteiger partial charge in [-0.15, -0.1) is 0 Å². The van der Waals surface area contributed by atoms with E-state index in [2.05, 4.69) is 55.1 Å². The van der Waals surface area contributed by atoms with Crippen LogP contribution in [-0.4, -0.2) is 75.5 Å². The summed E-state index contributed by atoms with van der Waals surface area (Å²) in [6, 6.07) is 0. The largest absolute Gasteiger partial charge is 0.380 e. The maximum Gasteiger partial charge on any atom is 0.191 e. The average molecular weight is 357 g/mol. The quantitative estimate of drug-likeness (QED) is 0.337. The van der Waals surface area contributed by atoms with Crippen molar-refractivity contribution >= 4 is 5.96 Å². The molecular formula is C19H40N4O2. The highest BCUT2D eigenvalue weighted by Crippen LogP contribution is 2.10. The van der Waals surface area contributed by atoms with E-state index in [9.17, 15) is 0 Å². The van der Waals surface area contributed by atoms with E-state index in [0.29, 0.717) is 18.1 Å². The van der Waals surface area contributed by atoms with Crippen LogP contribution in [0.2, 0.25) is 0 Å². The molecule has 0 aliphatic carbocycles. The van der Waals surface area contributed by atoms with Crippen LogP contribution < -0.4 is 10.6 Å². The van der Waals surface area contributed by atoms with Gasteiger partial charge < -0.3 is 20.1 Å². The summed E-state index contributed by atoms with van der Waals surface area (Å²) in [6.07, 6.45) is 2.86. The van der Waals surface area contributed by atoms with E-state index in [0.717, 1.165) is 71.3 Å². The van der Waals surface area contributed by atoms with Gasteiger partial charge in [0.1, 0.15) is 0 Å². The number of morpholine rings is 1. The summed E-state index contributed by atoms with van der Waals surface area (Å²) >= 11 is 0. The second-order valence-electron chi connectivity index (χ2n) is 7.35. The van der Waals surface area contributed by atoms with E-state index in [4.69, 9.17) is 9.47 Å². The zero-order valence-corrected chi connectivity index (χ0v) is 17.0. The van der Waals surface area contributed by atoms with Crippen LogP contribution in [0.5, 0.6) is 0 Å². The first-order valence-corrected chi connectivity index (χ1v) is 9.99. The second kappa shape index (κ2) is 13.4. The Morgan fingerprint density at radius 3 is 2.56 bits per heavy atom. The summed E-state index contributed by atoms with van der Waals surface area (Å²) in [6.45, 7) is 18.0. The van der Waals surface area contributed by atoms with Crippen molar-refractivity contribution in [2.24, 2.45) is 10.9 Å². The predicted molar refractivity (Wildman–Crippen MR) is 105 cm³/mol. The van der Waals surface area contributed by atoms with Crippen molar-refractivity contribution in [2.75, 3.05) is 52.5 Å².